The molecule has 0 radical (unpaired) electrons. The molecule has 0 aliphatic carbocycles. The second-order valence-electron chi connectivity index (χ2n) is 6.42. The lowest BCUT2D eigenvalue weighted by Crippen LogP contribution is -2.29. The lowest BCUT2D eigenvalue weighted by molar-refractivity contribution is 0.808. The summed E-state index contributed by atoms with van der Waals surface area (Å²) in [6, 6.07) is 16.9. The minimum Gasteiger partial charge on any atom is -0.298 e. The molecule has 0 saturated carbocycles. The first-order valence-corrected chi connectivity index (χ1v) is 9.19. The molecule has 146 valence electrons. The van der Waals surface area contributed by atoms with Gasteiger partial charge < -0.3 is 0 Å². The van der Waals surface area contributed by atoms with Crippen LogP contribution in [-0.2, 0) is 13.6 Å². The van der Waals surface area contributed by atoms with Crippen molar-refractivity contribution in [2.45, 2.75) is 6.54 Å². The number of aromatic nitrogens is 4. The molecular weight excluding hydrogens is 392 g/mol. The third-order valence-electron chi connectivity index (χ3n) is 4.41. The predicted octanol–water partition coefficient (Wildman–Crippen LogP) is 2.57. The second kappa shape index (κ2) is 7.76. The number of aromatic amines is 1. The van der Waals surface area contributed by atoms with E-state index < -0.39 is 11.2 Å². The molecule has 4 rings (SSSR count). The highest BCUT2D eigenvalue weighted by atomic mass is 35.5. The van der Waals surface area contributed by atoms with Crippen molar-refractivity contribution in [1.29, 1.82) is 0 Å². The maximum absolute atomic E-state index is 12.5. The van der Waals surface area contributed by atoms with Crippen LogP contribution in [0.4, 0.5) is 5.95 Å². The van der Waals surface area contributed by atoms with E-state index in [4.69, 9.17) is 11.6 Å². The Morgan fingerprint density at radius 2 is 1.97 bits per heavy atom. The van der Waals surface area contributed by atoms with E-state index in [9.17, 15) is 9.59 Å². The van der Waals surface area contributed by atoms with Gasteiger partial charge in [0.05, 0.1) is 12.8 Å². The number of H-pyrrole nitrogens is 1. The molecule has 9 heteroatoms. The molecule has 29 heavy (non-hydrogen) atoms. The van der Waals surface area contributed by atoms with Crippen LogP contribution in [0.3, 0.4) is 0 Å². The second-order valence-corrected chi connectivity index (χ2v) is 6.86. The van der Waals surface area contributed by atoms with Gasteiger partial charge in [0.1, 0.15) is 0 Å². The van der Waals surface area contributed by atoms with Crippen molar-refractivity contribution in [2.24, 2.45) is 12.1 Å². The normalized spacial score (nSPS) is 11.4. The molecule has 0 fully saturated rings. The van der Waals surface area contributed by atoms with E-state index in [0.717, 1.165) is 11.1 Å². The average molecular weight is 409 g/mol. The van der Waals surface area contributed by atoms with Crippen molar-refractivity contribution in [3.05, 3.63) is 91.6 Å². The van der Waals surface area contributed by atoms with Crippen molar-refractivity contribution in [3.63, 3.8) is 0 Å². The van der Waals surface area contributed by atoms with E-state index >= 15 is 0 Å². The monoisotopic (exact) mass is 408 g/mol. The van der Waals surface area contributed by atoms with Crippen molar-refractivity contribution in [3.8, 4) is 0 Å². The number of imidazole rings is 1. The van der Waals surface area contributed by atoms with Gasteiger partial charge >= 0.3 is 5.69 Å². The average Bonchev–Trinajstić information content (AvgIpc) is 3.06. The highest BCUT2D eigenvalue weighted by Crippen LogP contribution is 2.19. The fourth-order valence-corrected chi connectivity index (χ4v) is 3.21. The summed E-state index contributed by atoms with van der Waals surface area (Å²) in [6.45, 7) is 0.321. The highest BCUT2D eigenvalue weighted by molar-refractivity contribution is 6.30. The first kappa shape index (κ1) is 18.7. The summed E-state index contributed by atoms with van der Waals surface area (Å²) in [6.07, 6.45) is 1.65. The number of anilines is 1. The van der Waals surface area contributed by atoms with Gasteiger partial charge in [-0.05, 0) is 23.3 Å². The first-order chi connectivity index (χ1) is 14.0. The van der Waals surface area contributed by atoms with Crippen LogP contribution >= 0.6 is 11.6 Å². The molecule has 0 spiro atoms. The molecule has 2 heterocycles. The molecule has 0 aliphatic rings. The summed E-state index contributed by atoms with van der Waals surface area (Å²) < 4.78 is 2.96. The summed E-state index contributed by atoms with van der Waals surface area (Å²) >= 11 is 6.09. The Hall–Kier alpha value is -3.65. The van der Waals surface area contributed by atoms with Gasteiger partial charge in [-0.2, -0.15) is 10.1 Å². The summed E-state index contributed by atoms with van der Waals surface area (Å²) in [5, 5.41) is 4.81. The van der Waals surface area contributed by atoms with Crippen LogP contribution in [0.25, 0.3) is 11.2 Å². The fraction of sp³-hybridized carbons (Fsp3) is 0.100. The van der Waals surface area contributed by atoms with Crippen LogP contribution in [0.5, 0.6) is 0 Å². The molecule has 0 amide bonds. The number of hydrogen-bond donors (Lipinski definition) is 2. The van der Waals surface area contributed by atoms with Crippen LogP contribution < -0.4 is 16.7 Å². The van der Waals surface area contributed by atoms with Crippen LogP contribution in [0.15, 0.2) is 69.3 Å². The summed E-state index contributed by atoms with van der Waals surface area (Å²) in [7, 11) is 1.55. The molecular formula is C20H17ClN6O2. The van der Waals surface area contributed by atoms with Crippen LogP contribution in [-0.4, -0.2) is 25.3 Å². The summed E-state index contributed by atoms with van der Waals surface area (Å²) in [4.78, 5) is 31.2. The Kier molecular flexibility index (Phi) is 5.01. The Balaban J connectivity index is 1.80. The third kappa shape index (κ3) is 3.83. The van der Waals surface area contributed by atoms with Gasteiger partial charge in [-0.3, -0.25) is 18.9 Å². The fourth-order valence-electron chi connectivity index (χ4n) is 3.00. The van der Waals surface area contributed by atoms with Gasteiger partial charge in [0.15, 0.2) is 11.2 Å². The number of halogens is 1. The van der Waals surface area contributed by atoms with Crippen molar-refractivity contribution < 1.29 is 0 Å². The van der Waals surface area contributed by atoms with Crippen molar-refractivity contribution in [1.82, 2.24) is 19.1 Å². The number of fused-ring (bicyclic) bond motifs is 1. The molecule has 8 nitrogen and oxygen atoms in total. The van der Waals surface area contributed by atoms with Crippen LogP contribution in [0.2, 0.25) is 5.02 Å². The topological polar surface area (TPSA) is 97.1 Å². The molecule has 0 aliphatic heterocycles. The van der Waals surface area contributed by atoms with Gasteiger partial charge in [-0.15, -0.1) is 0 Å². The minimum atomic E-state index is -0.533. The van der Waals surface area contributed by atoms with E-state index in [1.807, 2.05) is 42.5 Å². The van der Waals surface area contributed by atoms with Crippen LogP contribution in [0, 0.1) is 0 Å². The number of hydrogen-bond acceptors (Lipinski definition) is 5. The largest absolute Gasteiger partial charge is 0.329 e. The third-order valence-corrected chi connectivity index (χ3v) is 4.65. The lowest BCUT2D eigenvalue weighted by atomic mass is 10.2. The number of aryl methyl sites for hydroxylation is 1. The SMILES string of the molecule is Cn1c(=O)[nH]c(=O)c2c1nc(N/N=C/c1ccccc1)n2Cc1cccc(Cl)c1. The number of hydrazone groups is 1. The Morgan fingerprint density at radius 3 is 2.72 bits per heavy atom. The van der Waals surface area contributed by atoms with Crippen molar-refractivity contribution in [2.75, 3.05) is 5.43 Å². The van der Waals surface area contributed by atoms with Gasteiger partial charge in [0.25, 0.3) is 5.56 Å². The maximum atomic E-state index is 12.5. The maximum Gasteiger partial charge on any atom is 0.329 e. The quantitative estimate of drug-likeness (QED) is 0.392. The molecule has 0 saturated heterocycles. The minimum absolute atomic E-state index is 0.262. The molecule has 4 aromatic rings. The number of nitrogens with zero attached hydrogens (tertiary/aromatic N) is 4. The van der Waals surface area contributed by atoms with E-state index in [-0.39, 0.29) is 11.2 Å². The zero-order valence-electron chi connectivity index (χ0n) is 15.5. The molecule has 2 aromatic heterocycles. The molecule has 0 atom stereocenters. The standard InChI is InChI=1S/C20H17ClN6O2/c1-26-17-16(18(28)24-20(26)29)27(12-14-8-5-9-15(21)10-14)19(23-17)25-22-11-13-6-3-2-4-7-13/h2-11H,12H2,1H3,(H,23,25)(H,24,28,29)/b22-11+. The molecule has 2 aromatic carbocycles. The van der Waals surface area contributed by atoms with E-state index in [0.29, 0.717) is 17.5 Å². The zero-order valence-corrected chi connectivity index (χ0v) is 16.2. The van der Waals surface area contributed by atoms with Gasteiger partial charge in [-0.1, -0.05) is 54.1 Å². The zero-order chi connectivity index (χ0) is 20.4. The Bertz CT molecular complexity index is 1320. The van der Waals surface area contributed by atoms with Gasteiger partial charge in [0.2, 0.25) is 5.95 Å². The smallest absolute Gasteiger partial charge is 0.298 e. The number of benzene rings is 2. The molecule has 0 bridgehead atoms. The van der Waals surface area contributed by atoms with Gasteiger partial charge in [0, 0.05) is 12.1 Å². The number of nitrogens with one attached hydrogen (secondary N) is 2. The summed E-state index contributed by atoms with van der Waals surface area (Å²) in [5.41, 5.74) is 4.14. The Labute approximate surface area is 170 Å². The predicted molar refractivity (Wildman–Crippen MR) is 114 cm³/mol. The van der Waals surface area contributed by atoms with E-state index in [1.54, 1.807) is 30.0 Å². The van der Waals surface area contributed by atoms with E-state index in [1.165, 1.54) is 4.57 Å². The first-order valence-electron chi connectivity index (χ1n) is 8.81. The molecule has 0 unspecified atom stereocenters. The van der Waals surface area contributed by atoms with E-state index in [2.05, 4.69) is 20.5 Å². The highest BCUT2D eigenvalue weighted by Gasteiger charge is 2.17. The molecule has 2 N–H and O–H groups in total. The van der Waals surface area contributed by atoms with Crippen LogP contribution in [0.1, 0.15) is 11.1 Å². The number of rotatable bonds is 5. The summed E-state index contributed by atoms with van der Waals surface area (Å²) in [5.74, 6) is 0.332. The van der Waals surface area contributed by atoms with Gasteiger partial charge in [-0.25, -0.2) is 10.2 Å². The van der Waals surface area contributed by atoms with Crippen molar-refractivity contribution >= 4 is 34.9 Å². The lowest BCUT2D eigenvalue weighted by Gasteiger charge is -2.08. The Morgan fingerprint density at radius 1 is 1.17 bits per heavy atom.